The molecule has 1 heterocycles. The van der Waals surface area contributed by atoms with Gasteiger partial charge in [0.1, 0.15) is 0 Å². The van der Waals surface area contributed by atoms with Crippen LogP contribution in [0.2, 0.25) is 0 Å². The van der Waals surface area contributed by atoms with Gasteiger partial charge in [0.25, 0.3) is 5.24 Å². The van der Waals surface area contributed by atoms with E-state index in [4.69, 9.17) is 0 Å². The molecule has 14 heavy (non-hydrogen) atoms. The summed E-state index contributed by atoms with van der Waals surface area (Å²) in [6.45, 7) is 0.582. The molecule has 3 nitrogen and oxygen atoms in total. The maximum absolute atomic E-state index is 11.3. The number of rotatable bonds is 5. The van der Waals surface area contributed by atoms with Crippen molar-refractivity contribution in [3.63, 3.8) is 0 Å². The van der Waals surface area contributed by atoms with Crippen molar-refractivity contribution in [2.45, 2.75) is 25.7 Å². The molecule has 0 N–H and O–H groups in total. The van der Waals surface area contributed by atoms with Gasteiger partial charge in [-0.3, -0.25) is 14.5 Å². The summed E-state index contributed by atoms with van der Waals surface area (Å²) in [6, 6.07) is 0. The number of carbonyl (C=O) groups is 2. The second-order valence-corrected chi connectivity index (χ2v) is 4.69. The Hall–Kier alpha value is -0.160. The molecule has 1 fully saturated rings. The molecule has 5 heteroatoms. The van der Waals surface area contributed by atoms with Gasteiger partial charge in [-0.05, 0) is 18.6 Å². The maximum atomic E-state index is 11.3. The first-order valence-corrected chi connectivity index (χ1v) is 6.45. The zero-order chi connectivity index (χ0) is 10.4. The standard InChI is InChI=1S/C9H15NO2S2/c11-8-4-7-14-9(12)10(8)5-2-1-3-6-13/h13H,1-7H2. The number of imide groups is 1. The number of nitrogens with zero attached hydrogens (tertiary/aromatic N) is 1. The molecule has 80 valence electrons. The number of unbranched alkanes of at least 4 members (excludes halogenated alkanes) is 2. The SMILES string of the molecule is O=C1CCSC(=O)N1CCCCCS. The van der Waals surface area contributed by atoms with Gasteiger partial charge in [0.05, 0.1) is 0 Å². The molecule has 0 aliphatic carbocycles. The summed E-state index contributed by atoms with van der Waals surface area (Å²) >= 11 is 5.35. The van der Waals surface area contributed by atoms with Crippen LogP contribution in [-0.4, -0.2) is 34.1 Å². The third-order valence-corrected chi connectivity index (χ3v) is 3.29. The molecule has 0 bridgehead atoms. The lowest BCUT2D eigenvalue weighted by atomic mass is 10.2. The second kappa shape index (κ2) is 6.35. The van der Waals surface area contributed by atoms with Crippen LogP contribution < -0.4 is 0 Å². The molecule has 0 unspecified atom stereocenters. The fourth-order valence-electron chi connectivity index (χ4n) is 1.31. The van der Waals surface area contributed by atoms with Crippen LogP contribution in [-0.2, 0) is 4.79 Å². The molecule has 0 spiro atoms. The lowest BCUT2D eigenvalue weighted by molar-refractivity contribution is -0.127. The van der Waals surface area contributed by atoms with E-state index in [-0.39, 0.29) is 11.1 Å². The summed E-state index contributed by atoms with van der Waals surface area (Å²) in [5, 5.41) is -0.0767. The monoisotopic (exact) mass is 233 g/mol. The highest BCUT2D eigenvalue weighted by molar-refractivity contribution is 8.13. The second-order valence-electron chi connectivity index (χ2n) is 3.19. The molecule has 0 aromatic carbocycles. The summed E-state index contributed by atoms with van der Waals surface area (Å²) in [4.78, 5) is 24.0. The van der Waals surface area contributed by atoms with Gasteiger partial charge < -0.3 is 0 Å². The van der Waals surface area contributed by atoms with Crippen molar-refractivity contribution in [2.24, 2.45) is 0 Å². The Labute approximate surface area is 94.0 Å². The van der Waals surface area contributed by atoms with E-state index in [1.807, 2.05) is 0 Å². The van der Waals surface area contributed by atoms with Crippen molar-refractivity contribution >= 4 is 35.5 Å². The van der Waals surface area contributed by atoms with E-state index in [0.29, 0.717) is 18.7 Å². The third kappa shape index (κ3) is 3.53. The Balaban J connectivity index is 2.26. The van der Waals surface area contributed by atoms with E-state index in [9.17, 15) is 9.59 Å². The Kier molecular flexibility index (Phi) is 5.40. The first-order valence-electron chi connectivity index (χ1n) is 4.83. The minimum absolute atomic E-state index is 0.0142. The van der Waals surface area contributed by atoms with Gasteiger partial charge in [-0.2, -0.15) is 12.6 Å². The molecule has 0 saturated carbocycles. The maximum Gasteiger partial charge on any atom is 0.288 e. The third-order valence-electron chi connectivity index (χ3n) is 2.10. The van der Waals surface area contributed by atoms with Gasteiger partial charge in [-0.1, -0.05) is 18.2 Å². The van der Waals surface area contributed by atoms with E-state index >= 15 is 0 Å². The van der Waals surface area contributed by atoms with Crippen LogP contribution in [0.15, 0.2) is 0 Å². The fraction of sp³-hybridized carbons (Fsp3) is 0.778. The van der Waals surface area contributed by atoms with Gasteiger partial charge in [-0.25, -0.2) is 0 Å². The molecule has 0 atom stereocenters. The van der Waals surface area contributed by atoms with Crippen molar-refractivity contribution in [1.82, 2.24) is 4.90 Å². The summed E-state index contributed by atoms with van der Waals surface area (Å²) < 4.78 is 0. The van der Waals surface area contributed by atoms with E-state index < -0.39 is 0 Å². The molecule has 2 amide bonds. The van der Waals surface area contributed by atoms with E-state index in [2.05, 4.69) is 12.6 Å². The van der Waals surface area contributed by atoms with Crippen molar-refractivity contribution in [3.05, 3.63) is 0 Å². The zero-order valence-corrected chi connectivity index (χ0v) is 9.78. The van der Waals surface area contributed by atoms with Crippen molar-refractivity contribution < 1.29 is 9.59 Å². The highest BCUT2D eigenvalue weighted by Crippen LogP contribution is 2.18. The summed E-state index contributed by atoms with van der Waals surface area (Å²) in [5.41, 5.74) is 0. The number of hydrogen-bond acceptors (Lipinski definition) is 4. The van der Waals surface area contributed by atoms with E-state index in [0.717, 1.165) is 25.0 Å². The average molecular weight is 233 g/mol. The van der Waals surface area contributed by atoms with Crippen molar-refractivity contribution in [2.75, 3.05) is 18.1 Å². The minimum atomic E-state index is -0.0767. The molecule has 1 aliphatic heterocycles. The van der Waals surface area contributed by atoms with Gasteiger partial charge in [0.2, 0.25) is 5.91 Å². The Morgan fingerprint density at radius 1 is 1.29 bits per heavy atom. The Morgan fingerprint density at radius 3 is 2.71 bits per heavy atom. The predicted molar refractivity (Wildman–Crippen MR) is 61.9 cm³/mol. The van der Waals surface area contributed by atoms with Crippen LogP contribution in [0.5, 0.6) is 0 Å². The summed E-state index contributed by atoms with van der Waals surface area (Å²) in [5.74, 6) is 1.50. The van der Waals surface area contributed by atoms with Crippen molar-refractivity contribution in [3.8, 4) is 0 Å². The van der Waals surface area contributed by atoms with Crippen LogP contribution in [0, 0.1) is 0 Å². The van der Waals surface area contributed by atoms with Gasteiger partial charge in [-0.15, -0.1) is 0 Å². The highest BCUT2D eigenvalue weighted by atomic mass is 32.2. The smallest absolute Gasteiger partial charge is 0.274 e. The van der Waals surface area contributed by atoms with Crippen LogP contribution in [0.1, 0.15) is 25.7 Å². The zero-order valence-electron chi connectivity index (χ0n) is 8.07. The van der Waals surface area contributed by atoms with Gasteiger partial charge in [0.15, 0.2) is 0 Å². The minimum Gasteiger partial charge on any atom is -0.274 e. The molecule has 0 aromatic rings. The Morgan fingerprint density at radius 2 is 2.07 bits per heavy atom. The van der Waals surface area contributed by atoms with Gasteiger partial charge in [0, 0.05) is 18.7 Å². The molecule has 1 aliphatic rings. The largest absolute Gasteiger partial charge is 0.288 e. The molecular weight excluding hydrogens is 218 g/mol. The van der Waals surface area contributed by atoms with Crippen LogP contribution in [0.3, 0.4) is 0 Å². The summed E-state index contributed by atoms with van der Waals surface area (Å²) in [6.07, 6.45) is 3.49. The molecular formula is C9H15NO2S2. The number of amides is 2. The molecule has 0 radical (unpaired) electrons. The predicted octanol–water partition coefficient (Wildman–Crippen LogP) is 2.17. The van der Waals surface area contributed by atoms with Gasteiger partial charge >= 0.3 is 0 Å². The molecule has 1 saturated heterocycles. The topological polar surface area (TPSA) is 37.4 Å². The number of hydrogen-bond donors (Lipinski definition) is 1. The molecule has 1 rings (SSSR count). The fourth-order valence-corrected chi connectivity index (χ4v) is 2.34. The van der Waals surface area contributed by atoms with E-state index in [1.54, 1.807) is 0 Å². The first kappa shape index (κ1) is 11.9. The highest BCUT2D eigenvalue weighted by Gasteiger charge is 2.25. The lowest BCUT2D eigenvalue weighted by Crippen LogP contribution is -2.38. The van der Waals surface area contributed by atoms with Crippen molar-refractivity contribution in [1.29, 1.82) is 0 Å². The lowest BCUT2D eigenvalue weighted by Gasteiger charge is -2.23. The number of carbonyl (C=O) groups excluding carboxylic acids is 2. The number of thioether (sulfide) groups is 1. The summed E-state index contributed by atoms with van der Waals surface area (Å²) in [7, 11) is 0. The number of thiol groups is 1. The first-order chi connectivity index (χ1) is 6.75. The normalized spacial score (nSPS) is 17.6. The average Bonchev–Trinajstić information content (AvgIpc) is 2.16. The van der Waals surface area contributed by atoms with Crippen LogP contribution >= 0.6 is 24.4 Å². The Bertz CT molecular complexity index is 205. The van der Waals surface area contributed by atoms with Crippen LogP contribution in [0.25, 0.3) is 0 Å². The van der Waals surface area contributed by atoms with Crippen LogP contribution in [0.4, 0.5) is 4.79 Å². The van der Waals surface area contributed by atoms with E-state index in [1.165, 1.54) is 16.7 Å². The quantitative estimate of drug-likeness (QED) is 0.584. The molecule has 0 aromatic heterocycles.